The summed E-state index contributed by atoms with van der Waals surface area (Å²) in [5, 5.41) is 2.92. The third kappa shape index (κ3) is 9.09. The second-order valence-corrected chi connectivity index (χ2v) is 12.5. The maximum atomic E-state index is 13.7. The van der Waals surface area contributed by atoms with Crippen molar-refractivity contribution in [3.05, 3.63) is 94.5 Å². The fraction of sp³-hybridized carbons (Fsp3) is 0.333. The van der Waals surface area contributed by atoms with Crippen LogP contribution in [-0.2, 0) is 32.8 Å². The summed E-state index contributed by atoms with van der Waals surface area (Å²) in [6.07, 6.45) is 1.79. The SMILES string of the molecule is CC[C@H](C)NC(=O)[C@@H](C)N(Cc1cccc(Br)c1)C(=O)CN(c1ccc(OCc2ccccc2)cc1)S(C)(=O)=O. The standard InChI is InChI=1S/C30H36BrN3O5S/c1-5-22(2)32-30(36)23(3)33(19-25-12-9-13-26(31)18-25)29(35)20-34(40(4,37)38)27-14-16-28(17-15-27)39-21-24-10-7-6-8-11-24/h6-18,22-23H,5,19-21H2,1-4H3,(H,32,36)/t22-,23+/m0/s1. The summed E-state index contributed by atoms with van der Waals surface area (Å²) in [6, 6.07) is 22.8. The van der Waals surface area contributed by atoms with E-state index in [2.05, 4.69) is 21.2 Å². The highest BCUT2D eigenvalue weighted by Crippen LogP contribution is 2.23. The normalized spacial score (nSPS) is 12.7. The van der Waals surface area contributed by atoms with Crippen LogP contribution in [0.25, 0.3) is 0 Å². The molecule has 0 aromatic heterocycles. The summed E-state index contributed by atoms with van der Waals surface area (Å²) in [5.41, 5.74) is 2.13. The summed E-state index contributed by atoms with van der Waals surface area (Å²) in [4.78, 5) is 28.1. The number of nitrogens with one attached hydrogen (secondary N) is 1. The average Bonchev–Trinajstić information content (AvgIpc) is 2.93. The lowest BCUT2D eigenvalue weighted by atomic mass is 10.1. The largest absolute Gasteiger partial charge is 0.489 e. The van der Waals surface area contributed by atoms with E-state index in [1.54, 1.807) is 31.2 Å². The number of halogens is 1. The van der Waals surface area contributed by atoms with Gasteiger partial charge in [-0.2, -0.15) is 0 Å². The van der Waals surface area contributed by atoms with Crippen molar-refractivity contribution in [1.29, 1.82) is 0 Å². The predicted octanol–water partition coefficient (Wildman–Crippen LogP) is 5.13. The summed E-state index contributed by atoms with van der Waals surface area (Å²) >= 11 is 3.44. The fourth-order valence-corrected chi connectivity index (χ4v) is 5.24. The van der Waals surface area contributed by atoms with E-state index in [4.69, 9.17) is 4.74 Å². The van der Waals surface area contributed by atoms with Crippen LogP contribution in [0.4, 0.5) is 5.69 Å². The zero-order chi connectivity index (χ0) is 29.3. The molecule has 0 unspecified atom stereocenters. The van der Waals surface area contributed by atoms with Crippen molar-refractivity contribution >= 4 is 43.5 Å². The first-order valence-electron chi connectivity index (χ1n) is 13.1. The number of nitrogens with zero attached hydrogens (tertiary/aromatic N) is 2. The molecule has 0 aliphatic heterocycles. The number of carbonyl (C=O) groups is 2. The molecular weight excluding hydrogens is 594 g/mol. The Bertz CT molecular complexity index is 1380. The number of carbonyl (C=O) groups excluding carboxylic acids is 2. The first kappa shape index (κ1) is 31.2. The van der Waals surface area contributed by atoms with E-state index in [0.29, 0.717) is 18.0 Å². The van der Waals surface area contributed by atoms with Crippen LogP contribution in [-0.4, -0.2) is 50.0 Å². The van der Waals surface area contributed by atoms with E-state index in [0.717, 1.165) is 32.6 Å². The van der Waals surface area contributed by atoms with Gasteiger partial charge in [-0.3, -0.25) is 13.9 Å². The third-order valence-electron chi connectivity index (χ3n) is 6.46. The van der Waals surface area contributed by atoms with Crippen LogP contribution in [0.5, 0.6) is 5.75 Å². The monoisotopic (exact) mass is 629 g/mol. The molecule has 8 nitrogen and oxygen atoms in total. The number of amides is 2. The quantitative estimate of drug-likeness (QED) is 0.283. The van der Waals surface area contributed by atoms with Gasteiger partial charge in [-0.05, 0) is 67.8 Å². The Labute approximate surface area is 245 Å². The van der Waals surface area contributed by atoms with Crippen LogP contribution in [0.3, 0.4) is 0 Å². The van der Waals surface area contributed by atoms with Gasteiger partial charge in [-0.25, -0.2) is 8.42 Å². The maximum absolute atomic E-state index is 13.7. The molecule has 0 radical (unpaired) electrons. The molecule has 0 saturated carbocycles. The molecule has 1 N–H and O–H groups in total. The second kappa shape index (κ2) is 14.3. The summed E-state index contributed by atoms with van der Waals surface area (Å²) in [5.74, 6) is -0.232. The molecule has 3 aromatic carbocycles. The molecule has 0 spiro atoms. The van der Waals surface area contributed by atoms with Gasteiger partial charge in [0, 0.05) is 17.1 Å². The third-order valence-corrected chi connectivity index (χ3v) is 8.10. The van der Waals surface area contributed by atoms with E-state index >= 15 is 0 Å². The van der Waals surface area contributed by atoms with E-state index in [1.807, 2.05) is 68.4 Å². The Morgan fingerprint density at radius 2 is 1.60 bits per heavy atom. The number of sulfonamides is 1. The Hall–Kier alpha value is -3.37. The number of hydrogen-bond donors (Lipinski definition) is 1. The van der Waals surface area contributed by atoms with Gasteiger partial charge in [0.25, 0.3) is 0 Å². The molecule has 2 amide bonds. The molecule has 0 fully saturated rings. The maximum Gasteiger partial charge on any atom is 0.244 e. The number of hydrogen-bond acceptors (Lipinski definition) is 5. The molecule has 0 heterocycles. The highest BCUT2D eigenvalue weighted by atomic mass is 79.9. The lowest BCUT2D eigenvalue weighted by Gasteiger charge is -2.32. The van der Waals surface area contributed by atoms with Crippen molar-refractivity contribution in [3.63, 3.8) is 0 Å². The van der Waals surface area contributed by atoms with Gasteiger partial charge in [0.15, 0.2) is 0 Å². The molecule has 40 heavy (non-hydrogen) atoms. The second-order valence-electron chi connectivity index (χ2n) is 9.68. The molecule has 3 aromatic rings. The van der Waals surface area contributed by atoms with Crippen molar-refractivity contribution in [1.82, 2.24) is 10.2 Å². The summed E-state index contributed by atoms with van der Waals surface area (Å²) in [7, 11) is -3.83. The van der Waals surface area contributed by atoms with Crippen LogP contribution < -0.4 is 14.4 Å². The van der Waals surface area contributed by atoms with Crippen LogP contribution >= 0.6 is 15.9 Å². The topological polar surface area (TPSA) is 96.0 Å². The summed E-state index contributed by atoms with van der Waals surface area (Å²) < 4.78 is 33.3. The molecule has 0 saturated heterocycles. The molecule has 0 aliphatic rings. The highest BCUT2D eigenvalue weighted by molar-refractivity contribution is 9.10. The lowest BCUT2D eigenvalue weighted by molar-refractivity contribution is -0.139. The molecular formula is C30H36BrN3O5S. The van der Waals surface area contributed by atoms with Crippen molar-refractivity contribution in [3.8, 4) is 5.75 Å². The molecule has 0 bridgehead atoms. The summed E-state index contributed by atoms with van der Waals surface area (Å²) in [6.45, 7) is 5.55. The smallest absolute Gasteiger partial charge is 0.244 e. The average molecular weight is 631 g/mol. The van der Waals surface area contributed by atoms with Crippen LogP contribution in [0.15, 0.2) is 83.3 Å². The van der Waals surface area contributed by atoms with Crippen LogP contribution in [0, 0.1) is 0 Å². The first-order chi connectivity index (χ1) is 19.0. The van der Waals surface area contributed by atoms with Crippen molar-refractivity contribution in [2.45, 2.75) is 52.4 Å². The van der Waals surface area contributed by atoms with Crippen LogP contribution in [0.1, 0.15) is 38.3 Å². The lowest BCUT2D eigenvalue weighted by Crippen LogP contribution is -2.52. The first-order valence-corrected chi connectivity index (χ1v) is 15.7. The Morgan fingerprint density at radius 3 is 2.20 bits per heavy atom. The van der Waals surface area contributed by atoms with E-state index in [9.17, 15) is 18.0 Å². The fourth-order valence-electron chi connectivity index (χ4n) is 3.94. The van der Waals surface area contributed by atoms with Gasteiger partial charge in [0.05, 0.1) is 11.9 Å². The van der Waals surface area contributed by atoms with Gasteiger partial charge in [-0.15, -0.1) is 0 Å². The molecule has 0 aliphatic carbocycles. The minimum absolute atomic E-state index is 0.0621. The van der Waals surface area contributed by atoms with Crippen molar-refractivity contribution in [2.24, 2.45) is 0 Å². The van der Waals surface area contributed by atoms with Gasteiger partial charge < -0.3 is 15.0 Å². The predicted molar refractivity (Wildman–Crippen MR) is 161 cm³/mol. The Kier molecular flexibility index (Phi) is 11.2. The Balaban J connectivity index is 1.82. The van der Waals surface area contributed by atoms with Crippen molar-refractivity contribution < 1.29 is 22.7 Å². The van der Waals surface area contributed by atoms with Crippen molar-refractivity contribution in [2.75, 3.05) is 17.1 Å². The highest BCUT2D eigenvalue weighted by Gasteiger charge is 2.30. The Morgan fingerprint density at radius 1 is 0.950 bits per heavy atom. The van der Waals surface area contributed by atoms with E-state index in [1.165, 1.54) is 4.90 Å². The van der Waals surface area contributed by atoms with Gasteiger partial charge in [0.1, 0.15) is 24.9 Å². The zero-order valence-corrected chi connectivity index (χ0v) is 25.6. The molecule has 214 valence electrons. The molecule has 10 heteroatoms. The number of ether oxygens (including phenoxy) is 1. The molecule has 2 atom stereocenters. The van der Waals surface area contributed by atoms with E-state index in [-0.39, 0.29) is 18.5 Å². The number of rotatable bonds is 13. The van der Waals surface area contributed by atoms with Gasteiger partial charge in [0.2, 0.25) is 21.8 Å². The number of benzene rings is 3. The zero-order valence-electron chi connectivity index (χ0n) is 23.2. The number of anilines is 1. The van der Waals surface area contributed by atoms with E-state index < -0.39 is 28.5 Å². The molecule has 3 rings (SSSR count). The van der Waals surface area contributed by atoms with Crippen LogP contribution in [0.2, 0.25) is 0 Å². The van der Waals surface area contributed by atoms with Gasteiger partial charge in [-0.1, -0.05) is 65.3 Å². The van der Waals surface area contributed by atoms with Gasteiger partial charge >= 0.3 is 0 Å². The minimum Gasteiger partial charge on any atom is -0.489 e. The minimum atomic E-state index is -3.83.